The van der Waals surface area contributed by atoms with E-state index in [9.17, 15) is 21.6 Å². The van der Waals surface area contributed by atoms with Gasteiger partial charge in [-0.2, -0.15) is 4.31 Å². The average Bonchev–Trinajstić information content (AvgIpc) is 2.60. The Hall–Kier alpha value is -2.26. The lowest BCUT2D eigenvalue weighted by Crippen LogP contribution is -2.27. The number of rotatable bonds is 7. The minimum atomic E-state index is -4.37. The molecule has 0 atom stereocenters. The Bertz CT molecular complexity index is 903. The van der Waals surface area contributed by atoms with E-state index in [0.29, 0.717) is 35.8 Å². The van der Waals surface area contributed by atoms with Crippen molar-refractivity contribution in [1.82, 2.24) is 4.31 Å². The quantitative estimate of drug-likeness (QED) is 0.682. The highest BCUT2D eigenvalue weighted by Gasteiger charge is 2.28. The molecule has 0 unspecified atom stereocenters. The Morgan fingerprint density at radius 3 is 2.35 bits per heavy atom. The SMILES string of the molecule is CCOc1ccc(CN(C)S(=O)(=O)c2ccc(F)c(F)c2F)cc1OC. The fraction of sp³-hybridized carbons (Fsp3) is 0.294. The Morgan fingerprint density at radius 2 is 1.73 bits per heavy atom. The molecule has 0 aliphatic rings. The number of halogens is 3. The van der Waals surface area contributed by atoms with Crippen molar-refractivity contribution in [3.63, 3.8) is 0 Å². The van der Waals surface area contributed by atoms with Crippen LogP contribution < -0.4 is 9.47 Å². The molecule has 0 heterocycles. The van der Waals surface area contributed by atoms with Gasteiger partial charge in [-0.05, 0) is 36.8 Å². The van der Waals surface area contributed by atoms with E-state index in [1.165, 1.54) is 14.2 Å². The van der Waals surface area contributed by atoms with E-state index in [1.807, 2.05) is 6.92 Å². The molecular weight excluding hydrogens is 371 g/mol. The Morgan fingerprint density at radius 1 is 1.04 bits per heavy atom. The zero-order chi connectivity index (χ0) is 19.5. The second-order valence-corrected chi connectivity index (χ2v) is 7.37. The van der Waals surface area contributed by atoms with Gasteiger partial charge in [0.2, 0.25) is 10.0 Å². The largest absolute Gasteiger partial charge is 0.493 e. The van der Waals surface area contributed by atoms with Gasteiger partial charge in [0.25, 0.3) is 0 Å². The van der Waals surface area contributed by atoms with Crippen LogP contribution in [0.25, 0.3) is 0 Å². The predicted molar refractivity (Wildman–Crippen MR) is 89.1 cm³/mol. The van der Waals surface area contributed by atoms with Gasteiger partial charge in [0.1, 0.15) is 4.90 Å². The summed E-state index contributed by atoms with van der Waals surface area (Å²) in [6, 6.07) is 6.09. The fourth-order valence-electron chi connectivity index (χ4n) is 2.30. The molecule has 2 aromatic rings. The molecular formula is C17H18F3NO4S. The monoisotopic (exact) mass is 389 g/mol. The number of hydrogen-bond acceptors (Lipinski definition) is 4. The smallest absolute Gasteiger partial charge is 0.246 e. The lowest BCUT2D eigenvalue weighted by molar-refractivity contribution is 0.310. The molecule has 142 valence electrons. The van der Waals surface area contributed by atoms with Crippen molar-refractivity contribution >= 4 is 10.0 Å². The zero-order valence-corrected chi connectivity index (χ0v) is 15.2. The summed E-state index contributed by atoms with van der Waals surface area (Å²) in [6.07, 6.45) is 0. The maximum Gasteiger partial charge on any atom is 0.246 e. The fourth-order valence-corrected chi connectivity index (χ4v) is 3.51. The van der Waals surface area contributed by atoms with Crippen LogP contribution >= 0.6 is 0 Å². The van der Waals surface area contributed by atoms with Crippen molar-refractivity contribution in [3.8, 4) is 11.5 Å². The summed E-state index contributed by atoms with van der Waals surface area (Å²) in [5.41, 5.74) is 0.541. The summed E-state index contributed by atoms with van der Waals surface area (Å²) >= 11 is 0. The molecule has 0 spiro atoms. The van der Waals surface area contributed by atoms with Crippen LogP contribution in [-0.2, 0) is 16.6 Å². The highest BCUT2D eigenvalue weighted by atomic mass is 32.2. The summed E-state index contributed by atoms with van der Waals surface area (Å²) in [6.45, 7) is 2.10. The normalized spacial score (nSPS) is 11.7. The Labute approximate surface area is 150 Å². The maximum atomic E-state index is 13.9. The summed E-state index contributed by atoms with van der Waals surface area (Å²) in [5, 5.41) is 0. The van der Waals surface area contributed by atoms with E-state index in [2.05, 4.69) is 0 Å². The first kappa shape index (κ1) is 20.1. The predicted octanol–water partition coefficient (Wildman–Crippen LogP) is 3.33. The van der Waals surface area contributed by atoms with Gasteiger partial charge in [0.15, 0.2) is 29.0 Å². The minimum Gasteiger partial charge on any atom is -0.493 e. The lowest BCUT2D eigenvalue weighted by Gasteiger charge is -2.19. The third-order valence-corrected chi connectivity index (χ3v) is 5.44. The van der Waals surface area contributed by atoms with Gasteiger partial charge >= 0.3 is 0 Å². The molecule has 0 aromatic heterocycles. The lowest BCUT2D eigenvalue weighted by atomic mass is 10.2. The van der Waals surface area contributed by atoms with Crippen LogP contribution in [0.5, 0.6) is 11.5 Å². The Balaban J connectivity index is 2.32. The highest BCUT2D eigenvalue weighted by molar-refractivity contribution is 7.89. The van der Waals surface area contributed by atoms with Crippen LogP contribution in [0.4, 0.5) is 13.2 Å². The van der Waals surface area contributed by atoms with Gasteiger partial charge in [-0.3, -0.25) is 0 Å². The van der Waals surface area contributed by atoms with Crippen molar-refractivity contribution in [2.75, 3.05) is 20.8 Å². The van der Waals surface area contributed by atoms with Crippen LogP contribution in [0.1, 0.15) is 12.5 Å². The molecule has 0 fully saturated rings. The van der Waals surface area contributed by atoms with Crippen molar-refractivity contribution in [2.24, 2.45) is 0 Å². The van der Waals surface area contributed by atoms with Crippen molar-refractivity contribution in [1.29, 1.82) is 0 Å². The van der Waals surface area contributed by atoms with Crippen molar-refractivity contribution < 1.29 is 31.1 Å². The molecule has 9 heteroatoms. The summed E-state index contributed by atoms with van der Waals surface area (Å²) in [5.74, 6) is -4.13. The molecule has 26 heavy (non-hydrogen) atoms. The summed E-state index contributed by atoms with van der Waals surface area (Å²) in [4.78, 5) is -0.934. The van der Waals surface area contributed by atoms with Gasteiger partial charge in [0.05, 0.1) is 13.7 Å². The number of nitrogens with zero attached hydrogens (tertiary/aromatic N) is 1. The minimum absolute atomic E-state index is 0.135. The van der Waals surface area contributed by atoms with E-state index in [1.54, 1.807) is 18.2 Å². The van der Waals surface area contributed by atoms with E-state index < -0.39 is 32.4 Å². The van der Waals surface area contributed by atoms with Gasteiger partial charge in [-0.25, -0.2) is 21.6 Å². The van der Waals surface area contributed by atoms with Crippen LogP contribution in [-0.4, -0.2) is 33.5 Å². The molecule has 0 saturated heterocycles. The molecule has 0 amide bonds. The van der Waals surface area contributed by atoms with Crippen LogP contribution in [0, 0.1) is 17.5 Å². The number of methoxy groups -OCH3 is 1. The van der Waals surface area contributed by atoms with E-state index >= 15 is 0 Å². The first-order valence-electron chi connectivity index (χ1n) is 7.61. The standard InChI is InChI=1S/C17H18F3NO4S/c1-4-25-13-7-5-11(9-14(13)24-3)10-21(2)26(22,23)15-8-6-12(18)16(19)17(15)20/h5-9H,4,10H2,1-3H3. The second-order valence-electron chi connectivity index (χ2n) is 5.35. The zero-order valence-electron chi connectivity index (χ0n) is 14.4. The third kappa shape index (κ3) is 3.94. The van der Waals surface area contributed by atoms with Crippen LogP contribution in [0.3, 0.4) is 0 Å². The van der Waals surface area contributed by atoms with Crippen molar-refractivity contribution in [3.05, 3.63) is 53.3 Å². The summed E-state index contributed by atoms with van der Waals surface area (Å²) < 4.78 is 76.6. The van der Waals surface area contributed by atoms with Gasteiger partial charge in [-0.15, -0.1) is 0 Å². The summed E-state index contributed by atoms with van der Waals surface area (Å²) in [7, 11) is -1.72. The van der Waals surface area contributed by atoms with Crippen LogP contribution in [0.15, 0.2) is 35.2 Å². The molecule has 0 aliphatic heterocycles. The first-order chi connectivity index (χ1) is 12.2. The Kier molecular flexibility index (Phi) is 6.14. The second kappa shape index (κ2) is 7.96. The van der Waals surface area contributed by atoms with E-state index in [4.69, 9.17) is 9.47 Å². The molecule has 0 radical (unpaired) electrons. The van der Waals surface area contributed by atoms with E-state index in [-0.39, 0.29) is 6.54 Å². The maximum absolute atomic E-state index is 13.9. The number of sulfonamides is 1. The van der Waals surface area contributed by atoms with Crippen LogP contribution in [0.2, 0.25) is 0 Å². The molecule has 0 N–H and O–H groups in total. The number of hydrogen-bond donors (Lipinski definition) is 0. The highest BCUT2D eigenvalue weighted by Crippen LogP contribution is 2.29. The number of ether oxygens (including phenoxy) is 2. The molecule has 5 nitrogen and oxygen atoms in total. The molecule has 0 saturated carbocycles. The first-order valence-corrected chi connectivity index (χ1v) is 9.06. The van der Waals surface area contributed by atoms with Gasteiger partial charge in [-0.1, -0.05) is 6.07 Å². The molecule has 0 aliphatic carbocycles. The van der Waals surface area contributed by atoms with Crippen molar-refractivity contribution in [2.45, 2.75) is 18.4 Å². The van der Waals surface area contributed by atoms with Gasteiger partial charge in [0, 0.05) is 13.6 Å². The third-order valence-electron chi connectivity index (χ3n) is 3.62. The van der Waals surface area contributed by atoms with Gasteiger partial charge < -0.3 is 9.47 Å². The molecule has 2 rings (SSSR count). The molecule has 2 aromatic carbocycles. The number of benzene rings is 2. The topological polar surface area (TPSA) is 55.8 Å². The average molecular weight is 389 g/mol. The van der Waals surface area contributed by atoms with E-state index in [0.717, 1.165) is 4.31 Å². The molecule has 0 bridgehead atoms.